The van der Waals surface area contributed by atoms with E-state index in [-0.39, 0.29) is 11.0 Å². The van der Waals surface area contributed by atoms with Crippen molar-refractivity contribution in [3.63, 3.8) is 0 Å². The highest BCUT2D eigenvalue weighted by molar-refractivity contribution is 9.11. The number of nitrogen functional groups attached to an aromatic ring is 1. The maximum Gasteiger partial charge on any atom is 0.291 e. The molecule has 0 atom stereocenters. The Bertz CT molecular complexity index is 590. The summed E-state index contributed by atoms with van der Waals surface area (Å²) < 4.78 is 6.35. The number of nitrogens with two attached hydrogens (primary N) is 1. The van der Waals surface area contributed by atoms with Crippen LogP contribution in [-0.2, 0) is 0 Å². The lowest BCUT2D eigenvalue weighted by Gasteiger charge is -2.09. The average Bonchev–Trinajstić information content (AvgIpc) is 2.70. The Morgan fingerprint density at radius 3 is 2.39 bits per heavy atom. The summed E-state index contributed by atoms with van der Waals surface area (Å²) >= 11 is 12.3. The normalized spacial score (nSPS) is 10.4. The molecule has 1 heterocycles. The number of anilines is 2. The highest BCUT2D eigenvalue weighted by Crippen LogP contribution is 2.33. The first-order chi connectivity index (χ1) is 8.47. The summed E-state index contributed by atoms with van der Waals surface area (Å²) in [5.41, 5.74) is 6.81. The van der Waals surface area contributed by atoms with E-state index in [1.807, 2.05) is 0 Å². The standard InChI is InChI=1S/C11H7Br2ClN2O2/c12-6-3-5(15)4-7(13)10(6)16-11(17)8-1-2-9(14)18-8/h1-4H,15H2,(H,16,17). The van der Waals surface area contributed by atoms with E-state index in [0.717, 1.165) is 0 Å². The smallest absolute Gasteiger partial charge is 0.291 e. The lowest BCUT2D eigenvalue weighted by Crippen LogP contribution is -2.12. The average molecular weight is 394 g/mol. The molecule has 0 aliphatic heterocycles. The van der Waals surface area contributed by atoms with Crippen LogP contribution in [0, 0.1) is 0 Å². The van der Waals surface area contributed by atoms with E-state index in [1.165, 1.54) is 12.1 Å². The molecule has 1 aromatic heterocycles. The van der Waals surface area contributed by atoms with Gasteiger partial charge in [-0.2, -0.15) is 0 Å². The number of nitrogens with one attached hydrogen (secondary N) is 1. The van der Waals surface area contributed by atoms with Crippen LogP contribution in [0.15, 0.2) is 37.6 Å². The van der Waals surface area contributed by atoms with Gasteiger partial charge in [-0.25, -0.2) is 0 Å². The molecule has 1 aromatic carbocycles. The molecule has 94 valence electrons. The van der Waals surface area contributed by atoms with E-state index in [2.05, 4.69) is 37.2 Å². The second-order valence-electron chi connectivity index (χ2n) is 3.42. The van der Waals surface area contributed by atoms with Crippen LogP contribution in [0.5, 0.6) is 0 Å². The highest BCUT2D eigenvalue weighted by Gasteiger charge is 2.14. The van der Waals surface area contributed by atoms with Crippen molar-refractivity contribution in [3.05, 3.63) is 44.2 Å². The molecule has 7 heteroatoms. The Hall–Kier alpha value is -0.980. The summed E-state index contributed by atoms with van der Waals surface area (Å²) in [6.45, 7) is 0. The van der Waals surface area contributed by atoms with Crippen LogP contribution < -0.4 is 11.1 Å². The van der Waals surface area contributed by atoms with E-state index < -0.39 is 5.91 Å². The Morgan fingerprint density at radius 1 is 1.28 bits per heavy atom. The van der Waals surface area contributed by atoms with Crippen LogP contribution in [-0.4, -0.2) is 5.91 Å². The van der Waals surface area contributed by atoms with Gasteiger partial charge in [-0.3, -0.25) is 4.79 Å². The Balaban J connectivity index is 2.27. The first kappa shape index (κ1) is 13.5. The first-order valence-electron chi connectivity index (χ1n) is 4.78. The number of hydrogen-bond acceptors (Lipinski definition) is 3. The largest absolute Gasteiger partial charge is 0.440 e. The predicted molar refractivity (Wildman–Crippen MR) is 77.9 cm³/mol. The molecule has 0 unspecified atom stereocenters. The second kappa shape index (κ2) is 5.34. The number of furan rings is 1. The van der Waals surface area contributed by atoms with E-state index in [1.54, 1.807) is 12.1 Å². The van der Waals surface area contributed by atoms with Crippen LogP contribution in [0.4, 0.5) is 11.4 Å². The molecule has 0 spiro atoms. The topological polar surface area (TPSA) is 68.3 Å². The summed E-state index contributed by atoms with van der Waals surface area (Å²) in [6, 6.07) is 6.38. The van der Waals surface area contributed by atoms with Crippen molar-refractivity contribution >= 4 is 60.7 Å². The minimum atomic E-state index is -0.395. The third kappa shape index (κ3) is 2.88. The summed E-state index contributed by atoms with van der Waals surface area (Å²) in [6.07, 6.45) is 0. The van der Waals surface area contributed by atoms with Gasteiger partial charge in [0.15, 0.2) is 11.0 Å². The highest BCUT2D eigenvalue weighted by atomic mass is 79.9. The van der Waals surface area contributed by atoms with Crippen molar-refractivity contribution in [2.24, 2.45) is 0 Å². The van der Waals surface area contributed by atoms with Gasteiger partial charge >= 0.3 is 0 Å². The van der Waals surface area contributed by atoms with Crippen LogP contribution in [0.25, 0.3) is 0 Å². The van der Waals surface area contributed by atoms with E-state index in [0.29, 0.717) is 20.3 Å². The van der Waals surface area contributed by atoms with Gasteiger partial charge in [-0.05, 0) is 67.7 Å². The third-order valence-electron chi connectivity index (χ3n) is 2.10. The van der Waals surface area contributed by atoms with Crippen molar-refractivity contribution in [1.82, 2.24) is 0 Å². The van der Waals surface area contributed by atoms with Gasteiger partial charge in [0.1, 0.15) is 0 Å². The number of benzene rings is 1. The third-order valence-corrected chi connectivity index (χ3v) is 3.55. The van der Waals surface area contributed by atoms with Gasteiger partial charge < -0.3 is 15.5 Å². The van der Waals surface area contributed by atoms with Crippen molar-refractivity contribution in [3.8, 4) is 0 Å². The minimum absolute atomic E-state index is 0.135. The quantitative estimate of drug-likeness (QED) is 0.747. The molecule has 2 rings (SSSR count). The maximum absolute atomic E-state index is 11.9. The molecule has 2 aromatic rings. The molecule has 4 nitrogen and oxygen atoms in total. The molecule has 3 N–H and O–H groups in total. The number of hydrogen-bond donors (Lipinski definition) is 2. The van der Waals surface area contributed by atoms with Crippen LogP contribution in [0.2, 0.25) is 5.22 Å². The van der Waals surface area contributed by atoms with Crippen molar-refractivity contribution in [2.45, 2.75) is 0 Å². The van der Waals surface area contributed by atoms with Gasteiger partial charge in [0, 0.05) is 14.6 Å². The molecule has 18 heavy (non-hydrogen) atoms. The fourth-order valence-corrected chi connectivity index (χ4v) is 2.89. The molecule has 1 amide bonds. The maximum atomic E-state index is 11.9. The molecule has 0 radical (unpaired) electrons. The van der Waals surface area contributed by atoms with Crippen LogP contribution in [0.3, 0.4) is 0 Å². The number of rotatable bonds is 2. The second-order valence-corrected chi connectivity index (χ2v) is 5.50. The number of carbonyl (C=O) groups excluding carboxylic acids is 1. The Kier molecular flexibility index (Phi) is 3.99. The number of halogens is 3. The molecular weight excluding hydrogens is 387 g/mol. The monoisotopic (exact) mass is 392 g/mol. The van der Waals surface area contributed by atoms with Gasteiger partial charge in [0.25, 0.3) is 5.91 Å². The van der Waals surface area contributed by atoms with Gasteiger partial charge in [0.05, 0.1) is 5.69 Å². The predicted octanol–water partition coefficient (Wildman–Crippen LogP) is 4.29. The molecular formula is C11H7Br2ClN2O2. The minimum Gasteiger partial charge on any atom is -0.440 e. The van der Waals surface area contributed by atoms with Crippen LogP contribution in [0.1, 0.15) is 10.6 Å². The van der Waals surface area contributed by atoms with E-state index in [4.69, 9.17) is 21.8 Å². The van der Waals surface area contributed by atoms with E-state index in [9.17, 15) is 4.79 Å². The van der Waals surface area contributed by atoms with E-state index >= 15 is 0 Å². The SMILES string of the molecule is Nc1cc(Br)c(NC(=O)c2ccc(Cl)o2)c(Br)c1. The number of amides is 1. The molecule has 0 saturated carbocycles. The van der Waals surface area contributed by atoms with Crippen molar-refractivity contribution in [1.29, 1.82) is 0 Å². The van der Waals surface area contributed by atoms with Gasteiger partial charge in [-0.15, -0.1) is 0 Å². The lowest BCUT2D eigenvalue weighted by atomic mass is 10.3. The summed E-state index contributed by atoms with van der Waals surface area (Å²) in [7, 11) is 0. The molecule has 0 aliphatic rings. The molecule has 0 aliphatic carbocycles. The Labute approximate surface area is 125 Å². The summed E-state index contributed by atoms with van der Waals surface area (Å²) in [4.78, 5) is 11.9. The molecule has 0 bridgehead atoms. The fraction of sp³-hybridized carbons (Fsp3) is 0. The van der Waals surface area contributed by atoms with Gasteiger partial charge in [0.2, 0.25) is 0 Å². The summed E-state index contributed by atoms with van der Waals surface area (Å²) in [5, 5.41) is 2.86. The zero-order valence-electron chi connectivity index (χ0n) is 8.84. The Morgan fingerprint density at radius 2 is 1.89 bits per heavy atom. The van der Waals surface area contributed by atoms with Gasteiger partial charge in [-0.1, -0.05) is 0 Å². The molecule has 0 fully saturated rings. The lowest BCUT2D eigenvalue weighted by molar-refractivity contribution is 0.0996. The zero-order chi connectivity index (χ0) is 13.3. The zero-order valence-corrected chi connectivity index (χ0v) is 12.8. The van der Waals surface area contributed by atoms with Crippen molar-refractivity contribution in [2.75, 3.05) is 11.1 Å². The van der Waals surface area contributed by atoms with Crippen molar-refractivity contribution < 1.29 is 9.21 Å². The molecule has 0 saturated heterocycles. The summed E-state index contributed by atoms with van der Waals surface area (Å²) in [5.74, 6) is -0.260. The fourth-order valence-electron chi connectivity index (χ4n) is 1.32. The number of carbonyl (C=O) groups is 1. The van der Waals surface area contributed by atoms with Crippen LogP contribution >= 0.6 is 43.5 Å². The first-order valence-corrected chi connectivity index (χ1v) is 6.75.